The summed E-state index contributed by atoms with van der Waals surface area (Å²) in [6.07, 6.45) is 6.40. The fraction of sp³-hybridized carbons (Fsp3) is 0.643. The minimum absolute atomic E-state index is 0.0618. The zero-order valence-corrected chi connectivity index (χ0v) is 10.9. The Balaban J connectivity index is 1.77. The van der Waals surface area contributed by atoms with Crippen molar-refractivity contribution in [3.8, 4) is 0 Å². The number of carbonyl (C=O) groups is 1. The number of hydrogen-bond donors (Lipinski definition) is 1. The zero-order chi connectivity index (χ0) is 13.0. The Bertz CT molecular complexity index is 380. The molecule has 0 aromatic carbocycles. The first-order chi connectivity index (χ1) is 8.59. The summed E-state index contributed by atoms with van der Waals surface area (Å²) in [7, 11) is 1.76. The molecule has 18 heavy (non-hydrogen) atoms. The van der Waals surface area contributed by atoms with E-state index in [0.29, 0.717) is 19.4 Å². The van der Waals surface area contributed by atoms with E-state index in [9.17, 15) is 9.90 Å². The maximum absolute atomic E-state index is 11.9. The summed E-state index contributed by atoms with van der Waals surface area (Å²) < 4.78 is 5.20. The molecule has 100 valence electrons. The molecule has 1 N–H and O–H groups in total. The van der Waals surface area contributed by atoms with E-state index >= 15 is 0 Å². The molecule has 4 heteroatoms. The van der Waals surface area contributed by atoms with Crippen molar-refractivity contribution in [2.24, 2.45) is 0 Å². The molecular formula is C14H21NO3. The van der Waals surface area contributed by atoms with Crippen molar-refractivity contribution in [3.63, 3.8) is 0 Å². The molecule has 1 aliphatic rings. The van der Waals surface area contributed by atoms with Crippen LogP contribution >= 0.6 is 0 Å². The average Bonchev–Trinajstić information content (AvgIpc) is 2.97. The van der Waals surface area contributed by atoms with Gasteiger partial charge in [0, 0.05) is 26.4 Å². The van der Waals surface area contributed by atoms with Crippen LogP contribution < -0.4 is 0 Å². The monoisotopic (exact) mass is 251 g/mol. The van der Waals surface area contributed by atoms with Crippen LogP contribution in [0.15, 0.2) is 22.8 Å². The fourth-order valence-corrected chi connectivity index (χ4v) is 2.60. The number of likely N-dealkylation sites (N-methyl/N-ethyl adjacent to an activating group) is 1. The van der Waals surface area contributed by atoms with Gasteiger partial charge in [-0.3, -0.25) is 4.79 Å². The van der Waals surface area contributed by atoms with Crippen LogP contribution in [0.4, 0.5) is 0 Å². The van der Waals surface area contributed by atoms with Gasteiger partial charge in [0.25, 0.3) is 0 Å². The maximum atomic E-state index is 11.9. The van der Waals surface area contributed by atoms with Gasteiger partial charge in [0.2, 0.25) is 5.91 Å². The first-order valence-electron chi connectivity index (χ1n) is 6.58. The van der Waals surface area contributed by atoms with Crippen molar-refractivity contribution in [2.75, 3.05) is 13.6 Å². The smallest absolute Gasteiger partial charge is 0.222 e. The summed E-state index contributed by atoms with van der Waals surface area (Å²) in [5.41, 5.74) is -0.658. The Hall–Kier alpha value is -1.29. The number of carbonyl (C=O) groups excluding carboxylic acids is 1. The summed E-state index contributed by atoms with van der Waals surface area (Å²) in [4.78, 5) is 13.6. The van der Waals surface area contributed by atoms with Crippen LogP contribution in [0.5, 0.6) is 0 Å². The van der Waals surface area contributed by atoms with Gasteiger partial charge >= 0.3 is 0 Å². The SMILES string of the molecule is CN(CC1(O)CCCC1)C(=O)CCc1ccco1. The van der Waals surface area contributed by atoms with Crippen LogP contribution in [0.25, 0.3) is 0 Å². The molecule has 1 aliphatic carbocycles. The van der Waals surface area contributed by atoms with Gasteiger partial charge in [0.1, 0.15) is 5.76 Å². The molecule has 1 aromatic rings. The number of nitrogens with zero attached hydrogens (tertiary/aromatic N) is 1. The van der Waals surface area contributed by atoms with Crippen molar-refractivity contribution in [1.29, 1.82) is 0 Å². The molecule has 0 aliphatic heterocycles. The average molecular weight is 251 g/mol. The minimum atomic E-state index is -0.658. The molecule has 1 amide bonds. The lowest BCUT2D eigenvalue weighted by molar-refractivity contribution is -0.133. The largest absolute Gasteiger partial charge is 0.469 e. The van der Waals surface area contributed by atoms with Gasteiger partial charge in [0.15, 0.2) is 0 Å². The zero-order valence-electron chi connectivity index (χ0n) is 10.9. The van der Waals surface area contributed by atoms with Crippen LogP contribution in [0.1, 0.15) is 37.9 Å². The van der Waals surface area contributed by atoms with Gasteiger partial charge in [0.05, 0.1) is 11.9 Å². The van der Waals surface area contributed by atoms with Crippen molar-refractivity contribution < 1.29 is 14.3 Å². The molecule has 0 radical (unpaired) electrons. The predicted octanol–water partition coefficient (Wildman–Crippen LogP) is 1.98. The molecule has 0 bridgehead atoms. The summed E-state index contributed by atoms with van der Waals surface area (Å²) in [5, 5.41) is 10.3. The van der Waals surface area contributed by atoms with E-state index in [1.165, 1.54) is 0 Å². The quantitative estimate of drug-likeness (QED) is 0.870. The van der Waals surface area contributed by atoms with Crippen LogP contribution in [-0.2, 0) is 11.2 Å². The number of rotatable bonds is 5. The molecule has 2 rings (SSSR count). The van der Waals surface area contributed by atoms with Crippen LogP contribution in [0, 0.1) is 0 Å². The standard InChI is InChI=1S/C14H21NO3/c1-15(11-14(17)8-2-3-9-14)13(16)7-6-12-5-4-10-18-12/h4-5,10,17H,2-3,6-9,11H2,1H3. The van der Waals surface area contributed by atoms with E-state index in [2.05, 4.69) is 0 Å². The summed E-state index contributed by atoms with van der Waals surface area (Å²) in [5.74, 6) is 0.892. The van der Waals surface area contributed by atoms with Gasteiger partial charge in [-0.05, 0) is 25.0 Å². The third-order valence-electron chi connectivity index (χ3n) is 3.66. The molecule has 1 saturated carbocycles. The first-order valence-corrected chi connectivity index (χ1v) is 6.58. The van der Waals surface area contributed by atoms with E-state index in [0.717, 1.165) is 31.4 Å². The maximum Gasteiger partial charge on any atom is 0.222 e. The first kappa shape index (κ1) is 13.1. The van der Waals surface area contributed by atoms with Crippen molar-refractivity contribution in [2.45, 2.75) is 44.1 Å². The minimum Gasteiger partial charge on any atom is -0.469 e. The van der Waals surface area contributed by atoms with Crippen LogP contribution in [-0.4, -0.2) is 35.1 Å². The highest BCUT2D eigenvalue weighted by Crippen LogP contribution is 2.30. The molecule has 0 unspecified atom stereocenters. The molecule has 0 saturated heterocycles. The second-order valence-electron chi connectivity index (χ2n) is 5.26. The van der Waals surface area contributed by atoms with Gasteiger partial charge in [-0.2, -0.15) is 0 Å². The van der Waals surface area contributed by atoms with Gasteiger partial charge in [-0.25, -0.2) is 0 Å². The van der Waals surface area contributed by atoms with Crippen molar-refractivity contribution in [1.82, 2.24) is 4.90 Å². The normalized spacial score (nSPS) is 17.9. The summed E-state index contributed by atoms with van der Waals surface area (Å²) in [6.45, 7) is 0.448. The van der Waals surface area contributed by atoms with E-state index in [1.807, 2.05) is 12.1 Å². The predicted molar refractivity (Wildman–Crippen MR) is 68.1 cm³/mol. The number of aliphatic hydroxyl groups is 1. The highest BCUT2D eigenvalue weighted by atomic mass is 16.3. The van der Waals surface area contributed by atoms with Gasteiger partial charge in [-0.1, -0.05) is 12.8 Å². The lowest BCUT2D eigenvalue weighted by Gasteiger charge is -2.28. The van der Waals surface area contributed by atoms with E-state index in [1.54, 1.807) is 18.2 Å². The third kappa shape index (κ3) is 3.35. The highest BCUT2D eigenvalue weighted by Gasteiger charge is 2.33. The van der Waals surface area contributed by atoms with E-state index in [4.69, 9.17) is 4.42 Å². The number of amides is 1. The summed E-state index contributed by atoms with van der Waals surface area (Å²) in [6, 6.07) is 3.70. The second kappa shape index (κ2) is 5.57. The molecular weight excluding hydrogens is 230 g/mol. The Morgan fingerprint density at radius 2 is 2.22 bits per heavy atom. The number of aryl methyl sites for hydroxylation is 1. The van der Waals surface area contributed by atoms with Crippen LogP contribution in [0.3, 0.4) is 0 Å². The fourth-order valence-electron chi connectivity index (χ4n) is 2.60. The van der Waals surface area contributed by atoms with Crippen LogP contribution in [0.2, 0.25) is 0 Å². The van der Waals surface area contributed by atoms with E-state index < -0.39 is 5.60 Å². The molecule has 1 heterocycles. The number of furan rings is 1. The van der Waals surface area contributed by atoms with E-state index in [-0.39, 0.29) is 5.91 Å². The Morgan fingerprint density at radius 3 is 2.83 bits per heavy atom. The highest BCUT2D eigenvalue weighted by molar-refractivity contribution is 5.76. The summed E-state index contributed by atoms with van der Waals surface area (Å²) >= 11 is 0. The van der Waals surface area contributed by atoms with Crippen molar-refractivity contribution in [3.05, 3.63) is 24.2 Å². The Labute approximate surface area is 108 Å². The molecule has 4 nitrogen and oxygen atoms in total. The Kier molecular flexibility index (Phi) is 4.07. The second-order valence-corrected chi connectivity index (χ2v) is 5.26. The molecule has 1 fully saturated rings. The van der Waals surface area contributed by atoms with Crippen molar-refractivity contribution >= 4 is 5.91 Å². The number of hydrogen-bond acceptors (Lipinski definition) is 3. The molecule has 1 aromatic heterocycles. The topological polar surface area (TPSA) is 53.7 Å². The molecule has 0 atom stereocenters. The van der Waals surface area contributed by atoms with Gasteiger partial charge < -0.3 is 14.4 Å². The lowest BCUT2D eigenvalue weighted by atomic mass is 10.0. The third-order valence-corrected chi connectivity index (χ3v) is 3.66. The molecule has 0 spiro atoms. The van der Waals surface area contributed by atoms with Gasteiger partial charge in [-0.15, -0.1) is 0 Å². The lowest BCUT2D eigenvalue weighted by Crippen LogP contribution is -2.42. The Morgan fingerprint density at radius 1 is 1.50 bits per heavy atom.